The number of aromatic hydroxyl groups is 1. The maximum atomic E-state index is 13.4. The average molecular weight is 756 g/mol. The number of unbranched alkanes of at least 4 members (excludes halogenated alkanes) is 5. The predicted molar refractivity (Wildman–Crippen MR) is 221 cm³/mol. The van der Waals surface area contributed by atoms with Crippen molar-refractivity contribution in [2.24, 2.45) is 5.73 Å². The molecule has 6 rings (SSSR count). The van der Waals surface area contributed by atoms with Gasteiger partial charge in [-0.3, -0.25) is 19.4 Å². The van der Waals surface area contributed by atoms with Crippen molar-refractivity contribution in [1.29, 1.82) is 0 Å². The number of amides is 2. The Morgan fingerprint density at radius 1 is 0.911 bits per heavy atom. The second kappa shape index (κ2) is 18.0. The molecule has 0 aliphatic heterocycles. The van der Waals surface area contributed by atoms with E-state index in [1.807, 2.05) is 68.6 Å². The monoisotopic (exact) mass is 755 g/mol. The molecular formula is C45H49N5O6. The number of carbonyl (C=O) groups excluding carboxylic acids is 2. The molecule has 0 unspecified atom stereocenters. The number of nitrogens with one attached hydrogen (secondary N) is 2. The third-order valence-corrected chi connectivity index (χ3v) is 10.2. The molecule has 2 aromatic heterocycles. The zero-order valence-electron chi connectivity index (χ0n) is 32.1. The van der Waals surface area contributed by atoms with Crippen molar-refractivity contribution in [2.75, 3.05) is 26.0 Å². The highest BCUT2D eigenvalue weighted by Crippen LogP contribution is 2.34. The summed E-state index contributed by atoms with van der Waals surface area (Å²) in [6, 6.07) is 25.5. The lowest BCUT2D eigenvalue weighted by Gasteiger charge is -2.18. The highest BCUT2D eigenvalue weighted by molar-refractivity contribution is 6.08. The number of aromatic amines is 1. The van der Waals surface area contributed by atoms with Crippen LogP contribution in [0.2, 0.25) is 0 Å². The first-order valence-corrected chi connectivity index (χ1v) is 19.0. The van der Waals surface area contributed by atoms with Gasteiger partial charge in [0.25, 0.3) is 11.8 Å². The van der Waals surface area contributed by atoms with Crippen LogP contribution in [0.4, 0.5) is 11.4 Å². The minimum absolute atomic E-state index is 0.0165. The Labute approximate surface area is 326 Å². The van der Waals surface area contributed by atoms with Gasteiger partial charge in [-0.05, 0) is 90.9 Å². The Balaban J connectivity index is 1.01. The molecule has 2 amide bonds. The van der Waals surface area contributed by atoms with Crippen LogP contribution in [-0.4, -0.2) is 57.6 Å². The van der Waals surface area contributed by atoms with Crippen molar-refractivity contribution in [3.8, 4) is 11.5 Å². The van der Waals surface area contributed by atoms with Gasteiger partial charge >= 0.3 is 0 Å². The van der Waals surface area contributed by atoms with Gasteiger partial charge in [0.05, 0.1) is 35.5 Å². The predicted octanol–water partition coefficient (Wildman–Crippen LogP) is 8.07. The quantitative estimate of drug-likeness (QED) is 0.0582. The van der Waals surface area contributed by atoms with Gasteiger partial charge in [-0.25, -0.2) is 0 Å². The van der Waals surface area contributed by atoms with Crippen LogP contribution < -0.4 is 21.3 Å². The molecule has 0 bridgehead atoms. The van der Waals surface area contributed by atoms with Crippen LogP contribution in [0.1, 0.15) is 94.0 Å². The number of hydrogen-bond acceptors (Lipinski definition) is 8. The van der Waals surface area contributed by atoms with Crippen LogP contribution >= 0.6 is 0 Å². The van der Waals surface area contributed by atoms with Gasteiger partial charge < -0.3 is 35.9 Å². The SMILES string of the molecule is COc1cccc(Nc2c(C(N)=O)cnc3c(C)cc(Cc4cccc(C(=O)N(C)CCCCCCCC[C@H](O)c5ccc(O)c6[nH]c(=O)ccc56)c4)cc23)c1. The van der Waals surface area contributed by atoms with Crippen LogP contribution in [0.3, 0.4) is 0 Å². The Hall–Kier alpha value is -6.20. The number of phenolic OH excluding ortho intramolecular Hbond substituents is 1. The lowest BCUT2D eigenvalue weighted by molar-refractivity contribution is 0.0792. The maximum absolute atomic E-state index is 13.4. The summed E-state index contributed by atoms with van der Waals surface area (Å²) in [5, 5.41) is 25.7. The summed E-state index contributed by atoms with van der Waals surface area (Å²) in [6.07, 6.45) is 7.78. The number of aliphatic hydroxyl groups is 1. The summed E-state index contributed by atoms with van der Waals surface area (Å²) in [7, 11) is 3.44. The standard InChI is InChI=1S/C45H49N5O6/c1-28-22-30(25-36-41(28)47-27-37(44(46)54)42(36)48-32-14-11-15-33(26-32)56-3)23-29-12-10-13-31(24-29)45(55)50(2)21-9-7-5-4-6-8-16-38(51)34-17-19-39(52)43-35(34)18-20-40(53)49-43/h10-15,17-20,22,24-27,38,51-52H,4-9,16,21,23H2,1-3H3,(H2,46,54)(H,47,48)(H,49,53)/t38-/m0/s1. The molecule has 6 aromatic rings. The molecule has 11 heteroatoms. The van der Waals surface area contributed by atoms with Crippen LogP contribution in [0, 0.1) is 6.92 Å². The number of aromatic nitrogens is 2. The van der Waals surface area contributed by atoms with Crippen molar-refractivity contribution in [3.63, 3.8) is 0 Å². The van der Waals surface area contributed by atoms with Gasteiger partial charge in [0.2, 0.25) is 5.56 Å². The summed E-state index contributed by atoms with van der Waals surface area (Å²) in [5.74, 6) is 0.0481. The number of aryl methyl sites for hydroxylation is 1. The molecule has 0 saturated carbocycles. The highest BCUT2D eigenvalue weighted by atomic mass is 16.5. The van der Waals surface area contributed by atoms with Gasteiger partial charge in [0.15, 0.2) is 0 Å². The van der Waals surface area contributed by atoms with Crippen molar-refractivity contribution in [1.82, 2.24) is 14.9 Å². The largest absolute Gasteiger partial charge is 0.506 e. The van der Waals surface area contributed by atoms with Crippen molar-refractivity contribution in [2.45, 2.75) is 64.4 Å². The first kappa shape index (κ1) is 39.5. The first-order valence-electron chi connectivity index (χ1n) is 19.0. The van der Waals surface area contributed by atoms with Crippen molar-refractivity contribution >= 4 is 45.0 Å². The van der Waals surface area contributed by atoms with E-state index >= 15 is 0 Å². The molecule has 290 valence electrons. The molecule has 0 fully saturated rings. The average Bonchev–Trinajstić information content (AvgIpc) is 3.19. The molecular weight excluding hydrogens is 707 g/mol. The number of phenols is 1. The molecule has 6 N–H and O–H groups in total. The van der Waals surface area contributed by atoms with Crippen molar-refractivity contribution < 1.29 is 24.5 Å². The number of methoxy groups -OCH3 is 1. The van der Waals surface area contributed by atoms with E-state index in [4.69, 9.17) is 10.5 Å². The highest BCUT2D eigenvalue weighted by Gasteiger charge is 2.18. The Morgan fingerprint density at radius 3 is 2.46 bits per heavy atom. The lowest BCUT2D eigenvalue weighted by Crippen LogP contribution is -2.27. The summed E-state index contributed by atoms with van der Waals surface area (Å²) < 4.78 is 5.39. The molecule has 0 aliphatic carbocycles. The Kier molecular flexibility index (Phi) is 12.7. The zero-order valence-corrected chi connectivity index (χ0v) is 32.1. The number of primary amides is 1. The molecule has 4 aromatic carbocycles. The molecule has 0 saturated heterocycles. The van der Waals surface area contributed by atoms with E-state index in [9.17, 15) is 24.6 Å². The Bertz CT molecular complexity index is 2430. The minimum atomic E-state index is -0.687. The number of aliphatic hydroxyl groups excluding tert-OH is 1. The molecule has 2 heterocycles. The number of ether oxygens (including phenoxy) is 1. The van der Waals surface area contributed by atoms with Gasteiger partial charge in [0, 0.05) is 53.9 Å². The molecule has 0 aliphatic rings. The first-order chi connectivity index (χ1) is 27.0. The number of hydrogen-bond donors (Lipinski definition) is 5. The maximum Gasteiger partial charge on any atom is 0.253 e. The topological polar surface area (TPSA) is 171 Å². The van der Waals surface area contributed by atoms with Crippen LogP contribution in [-0.2, 0) is 6.42 Å². The van der Waals surface area contributed by atoms with E-state index in [0.717, 1.165) is 71.8 Å². The van der Waals surface area contributed by atoms with E-state index in [1.165, 1.54) is 18.3 Å². The fraction of sp³-hybridized carbons (Fsp3) is 0.289. The second-order valence-electron chi connectivity index (χ2n) is 14.4. The number of benzene rings is 4. The summed E-state index contributed by atoms with van der Waals surface area (Å²) in [4.78, 5) is 46.6. The minimum Gasteiger partial charge on any atom is -0.506 e. The van der Waals surface area contributed by atoms with Crippen LogP contribution in [0.15, 0.2) is 95.9 Å². The van der Waals surface area contributed by atoms with Crippen LogP contribution in [0.5, 0.6) is 11.5 Å². The number of nitrogens with two attached hydrogens (primary N) is 1. The third-order valence-electron chi connectivity index (χ3n) is 10.2. The third kappa shape index (κ3) is 9.35. The number of rotatable bonds is 17. The molecule has 0 spiro atoms. The van der Waals surface area contributed by atoms with Gasteiger partial charge in [-0.1, -0.05) is 62.4 Å². The summed E-state index contributed by atoms with van der Waals surface area (Å²) >= 11 is 0. The summed E-state index contributed by atoms with van der Waals surface area (Å²) in [6.45, 7) is 2.64. The van der Waals surface area contributed by atoms with E-state index < -0.39 is 12.0 Å². The molecule has 0 radical (unpaired) electrons. The molecule has 56 heavy (non-hydrogen) atoms. The van der Waals surface area contributed by atoms with E-state index in [2.05, 4.69) is 21.4 Å². The normalized spacial score (nSPS) is 11.8. The zero-order chi connectivity index (χ0) is 39.8. The van der Waals surface area contributed by atoms with Crippen molar-refractivity contribution in [3.05, 3.63) is 135 Å². The molecule has 11 nitrogen and oxygen atoms in total. The van der Waals surface area contributed by atoms with Gasteiger partial charge in [0.1, 0.15) is 11.5 Å². The number of H-pyrrole nitrogens is 1. The second-order valence-corrected chi connectivity index (χ2v) is 14.4. The number of fused-ring (bicyclic) bond motifs is 2. The van der Waals surface area contributed by atoms with E-state index in [-0.39, 0.29) is 22.8 Å². The number of anilines is 2. The van der Waals surface area contributed by atoms with Gasteiger partial charge in [-0.15, -0.1) is 0 Å². The fourth-order valence-electron chi connectivity index (χ4n) is 7.29. The Morgan fingerprint density at radius 2 is 1.68 bits per heavy atom. The van der Waals surface area contributed by atoms with E-state index in [0.29, 0.717) is 52.9 Å². The van der Waals surface area contributed by atoms with Gasteiger partial charge in [-0.2, -0.15) is 0 Å². The van der Waals surface area contributed by atoms with E-state index in [1.54, 1.807) is 24.1 Å². The summed E-state index contributed by atoms with van der Waals surface area (Å²) in [5.41, 5.74) is 12.5. The fourth-order valence-corrected chi connectivity index (χ4v) is 7.29. The number of carbonyl (C=O) groups is 2. The number of nitrogens with zero attached hydrogens (tertiary/aromatic N) is 2. The smallest absolute Gasteiger partial charge is 0.253 e. The number of pyridine rings is 2. The molecule has 1 atom stereocenters. The lowest BCUT2D eigenvalue weighted by atomic mass is 9.97. The van der Waals surface area contributed by atoms with Crippen LogP contribution in [0.25, 0.3) is 21.8 Å².